The van der Waals surface area contributed by atoms with Crippen LogP contribution in [0.25, 0.3) is 0 Å². The van der Waals surface area contributed by atoms with Crippen LogP contribution in [0.4, 0.5) is 0 Å². The molecule has 90 valence electrons. The summed E-state index contributed by atoms with van der Waals surface area (Å²) >= 11 is 1.52. The van der Waals surface area contributed by atoms with Crippen molar-refractivity contribution in [1.29, 1.82) is 0 Å². The minimum atomic E-state index is -0.378. The molecule has 4 nitrogen and oxygen atoms in total. The van der Waals surface area contributed by atoms with E-state index in [1.54, 1.807) is 6.92 Å². The van der Waals surface area contributed by atoms with Gasteiger partial charge in [0.1, 0.15) is 5.37 Å². The van der Waals surface area contributed by atoms with Crippen LogP contribution < -0.4 is 0 Å². The Morgan fingerprint density at radius 1 is 1.47 bits per heavy atom. The predicted molar refractivity (Wildman–Crippen MR) is 63.9 cm³/mol. The van der Waals surface area contributed by atoms with E-state index in [9.17, 15) is 9.59 Å². The third kappa shape index (κ3) is 2.79. The van der Waals surface area contributed by atoms with Crippen LogP contribution in [-0.4, -0.2) is 22.3 Å². The lowest BCUT2D eigenvalue weighted by Gasteiger charge is -2.36. The van der Waals surface area contributed by atoms with Gasteiger partial charge in [-0.2, -0.15) is 5.06 Å². The first-order valence-corrected chi connectivity index (χ1v) is 6.33. The number of hydrogen-bond donors (Lipinski definition) is 0. The average molecular weight is 251 g/mol. The van der Waals surface area contributed by atoms with Crippen LogP contribution in [0.1, 0.15) is 19.8 Å². The van der Waals surface area contributed by atoms with Crippen LogP contribution in [0.3, 0.4) is 0 Å². The number of hydroxylamine groups is 2. The molecule has 1 aromatic rings. The van der Waals surface area contributed by atoms with Crippen molar-refractivity contribution in [2.45, 2.75) is 30.0 Å². The number of nitrogens with zero attached hydrogens (tertiary/aromatic N) is 1. The van der Waals surface area contributed by atoms with Crippen molar-refractivity contribution >= 4 is 23.6 Å². The number of carbonyl (C=O) groups excluding carboxylic acids is 2. The molecule has 1 amide bonds. The van der Waals surface area contributed by atoms with E-state index >= 15 is 0 Å². The lowest BCUT2D eigenvalue weighted by molar-refractivity contribution is -0.216. The maximum absolute atomic E-state index is 11.3. The summed E-state index contributed by atoms with van der Waals surface area (Å²) < 4.78 is 0. The summed E-state index contributed by atoms with van der Waals surface area (Å²) in [4.78, 5) is 28.5. The predicted octanol–water partition coefficient (Wildman–Crippen LogP) is 2.21. The summed E-state index contributed by atoms with van der Waals surface area (Å²) in [6.45, 7) is 1.70. The highest BCUT2D eigenvalue weighted by Gasteiger charge is 2.40. The fourth-order valence-corrected chi connectivity index (χ4v) is 2.51. The van der Waals surface area contributed by atoms with E-state index < -0.39 is 0 Å². The Bertz CT molecular complexity index is 421. The van der Waals surface area contributed by atoms with Crippen molar-refractivity contribution in [2.75, 3.05) is 0 Å². The van der Waals surface area contributed by atoms with Crippen molar-refractivity contribution in [1.82, 2.24) is 5.06 Å². The summed E-state index contributed by atoms with van der Waals surface area (Å²) in [5, 5.41) is 1.07. The van der Waals surface area contributed by atoms with Gasteiger partial charge in [0.25, 0.3) is 5.91 Å². The first-order valence-electron chi connectivity index (χ1n) is 5.45. The van der Waals surface area contributed by atoms with Crippen LogP contribution in [0.15, 0.2) is 35.2 Å². The van der Waals surface area contributed by atoms with Gasteiger partial charge < -0.3 is 4.84 Å². The zero-order valence-electron chi connectivity index (χ0n) is 9.46. The van der Waals surface area contributed by atoms with E-state index in [-0.39, 0.29) is 23.7 Å². The van der Waals surface area contributed by atoms with Crippen molar-refractivity contribution in [3.05, 3.63) is 30.3 Å². The maximum Gasteiger partial charge on any atom is 0.332 e. The van der Waals surface area contributed by atoms with E-state index in [1.807, 2.05) is 30.3 Å². The molecule has 1 saturated heterocycles. The summed E-state index contributed by atoms with van der Waals surface area (Å²) in [6, 6.07) is 9.74. The monoisotopic (exact) mass is 251 g/mol. The molecule has 1 atom stereocenters. The topological polar surface area (TPSA) is 46.6 Å². The lowest BCUT2D eigenvalue weighted by atomic mass is 10.2. The van der Waals surface area contributed by atoms with Gasteiger partial charge in [0.15, 0.2) is 0 Å². The van der Waals surface area contributed by atoms with Crippen molar-refractivity contribution in [2.24, 2.45) is 0 Å². The second-order valence-corrected chi connectivity index (χ2v) is 4.88. The first kappa shape index (κ1) is 12.0. The molecular weight excluding hydrogens is 238 g/mol. The largest absolute Gasteiger partial charge is 0.337 e. The molecule has 1 heterocycles. The molecule has 0 saturated carbocycles. The maximum atomic E-state index is 11.3. The van der Waals surface area contributed by atoms with Crippen molar-refractivity contribution < 1.29 is 14.4 Å². The van der Waals surface area contributed by atoms with E-state index in [2.05, 4.69) is 0 Å². The molecule has 2 rings (SSSR count). The number of benzene rings is 1. The molecular formula is C12H13NO3S. The number of carbonyl (C=O) groups is 2. The first-order chi connectivity index (χ1) is 8.20. The fraction of sp³-hybridized carbons (Fsp3) is 0.333. The molecule has 1 fully saturated rings. The minimum Gasteiger partial charge on any atom is -0.337 e. The Hall–Kier alpha value is -1.49. The standard InChI is InChI=1S/C12H13NO3S/c1-2-12(15)16-13-10(14)8-11(13)17-9-6-4-3-5-7-9/h3-7,11H,2,8H2,1H3. The van der Waals surface area contributed by atoms with Crippen LogP contribution in [-0.2, 0) is 14.4 Å². The molecule has 1 unspecified atom stereocenters. The zero-order valence-corrected chi connectivity index (χ0v) is 10.3. The molecule has 1 aromatic carbocycles. The molecule has 5 heteroatoms. The molecule has 0 radical (unpaired) electrons. The molecule has 0 aliphatic carbocycles. The third-order valence-electron chi connectivity index (χ3n) is 2.36. The van der Waals surface area contributed by atoms with Gasteiger partial charge in [-0.3, -0.25) is 4.79 Å². The molecule has 1 aliphatic rings. The molecule has 0 bridgehead atoms. The van der Waals surface area contributed by atoms with Gasteiger partial charge in [-0.1, -0.05) is 36.9 Å². The van der Waals surface area contributed by atoms with Crippen LogP contribution in [0.5, 0.6) is 0 Å². The van der Waals surface area contributed by atoms with Gasteiger partial charge >= 0.3 is 5.97 Å². The summed E-state index contributed by atoms with van der Waals surface area (Å²) in [5.41, 5.74) is 0. The van der Waals surface area contributed by atoms with Gasteiger partial charge in [-0.05, 0) is 12.1 Å². The Morgan fingerprint density at radius 2 is 2.18 bits per heavy atom. The Labute approximate surface area is 104 Å². The minimum absolute atomic E-state index is 0.0969. The zero-order chi connectivity index (χ0) is 12.3. The van der Waals surface area contributed by atoms with Gasteiger partial charge in [-0.25, -0.2) is 4.79 Å². The lowest BCUT2D eigenvalue weighted by Crippen LogP contribution is -2.51. The SMILES string of the molecule is CCC(=O)ON1C(=O)CC1Sc1ccccc1. The third-order valence-corrected chi connectivity index (χ3v) is 3.54. The van der Waals surface area contributed by atoms with Gasteiger partial charge in [-0.15, -0.1) is 0 Å². The highest BCUT2D eigenvalue weighted by Crippen LogP contribution is 2.34. The highest BCUT2D eigenvalue weighted by molar-refractivity contribution is 8.00. The summed E-state index contributed by atoms with van der Waals surface area (Å²) in [7, 11) is 0. The second-order valence-electron chi connectivity index (χ2n) is 3.63. The molecule has 0 N–H and O–H groups in total. The summed E-state index contributed by atoms with van der Waals surface area (Å²) in [5.74, 6) is -0.517. The smallest absolute Gasteiger partial charge is 0.332 e. The van der Waals surface area contributed by atoms with E-state index in [0.29, 0.717) is 6.42 Å². The normalized spacial score (nSPS) is 18.8. The van der Waals surface area contributed by atoms with Crippen molar-refractivity contribution in [3.8, 4) is 0 Å². The van der Waals surface area contributed by atoms with Gasteiger partial charge in [0.2, 0.25) is 0 Å². The van der Waals surface area contributed by atoms with E-state index in [1.165, 1.54) is 16.8 Å². The Kier molecular flexibility index (Phi) is 3.68. The summed E-state index contributed by atoms with van der Waals surface area (Å²) in [6.07, 6.45) is 0.684. The average Bonchev–Trinajstić information content (AvgIpc) is 2.36. The Morgan fingerprint density at radius 3 is 2.76 bits per heavy atom. The number of amides is 1. The van der Waals surface area contributed by atoms with E-state index in [0.717, 1.165) is 4.90 Å². The van der Waals surface area contributed by atoms with Crippen LogP contribution in [0, 0.1) is 0 Å². The Balaban J connectivity index is 1.94. The number of hydrogen-bond acceptors (Lipinski definition) is 4. The number of thioether (sulfide) groups is 1. The van der Waals surface area contributed by atoms with Gasteiger partial charge in [0.05, 0.1) is 6.42 Å². The van der Waals surface area contributed by atoms with Crippen LogP contribution in [0.2, 0.25) is 0 Å². The molecule has 0 spiro atoms. The quantitative estimate of drug-likeness (QED) is 0.770. The molecule has 17 heavy (non-hydrogen) atoms. The van der Waals surface area contributed by atoms with E-state index in [4.69, 9.17) is 4.84 Å². The number of rotatable bonds is 4. The molecule has 1 aliphatic heterocycles. The number of β-lactam (4-membered cyclic amide) rings is 1. The van der Waals surface area contributed by atoms with Crippen LogP contribution >= 0.6 is 11.8 Å². The van der Waals surface area contributed by atoms with Gasteiger partial charge in [0, 0.05) is 11.3 Å². The highest BCUT2D eigenvalue weighted by atomic mass is 32.2. The fourth-order valence-electron chi connectivity index (χ4n) is 1.40. The molecule has 0 aromatic heterocycles. The second kappa shape index (κ2) is 5.23. The van der Waals surface area contributed by atoms with Crippen molar-refractivity contribution in [3.63, 3.8) is 0 Å².